The summed E-state index contributed by atoms with van der Waals surface area (Å²) in [5, 5.41) is 16.9. The van der Waals surface area contributed by atoms with Gasteiger partial charge < -0.3 is 9.80 Å². The first-order valence-corrected chi connectivity index (χ1v) is 20.6. The molecule has 2 saturated heterocycles. The molecule has 11 heteroatoms. The van der Waals surface area contributed by atoms with Crippen LogP contribution >= 0.6 is 11.6 Å². The number of piperidine rings is 1. The van der Waals surface area contributed by atoms with Crippen LogP contribution in [0.2, 0.25) is 5.02 Å². The highest BCUT2D eigenvalue weighted by molar-refractivity contribution is 6.32. The Balaban J connectivity index is 0.755. The molecule has 10 rings (SSSR count). The van der Waals surface area contributed by atoms with Crippen LogP contribution < -0.4 is 5.32 Å². The normalized spacial score (nSPS) is 23.9. The van der Waals surface area contributed by atoms with Gasteiger partial charge in [-0.3, -0.25) is 29.4 Å². The smallest absolute Gasteiger partial charge is 0.256 e. The number of hydrogen-bond donors (Lipinski definition) is 1. The molecule has 5 fully saturated rings. The van der Waals surface area contributed by atoms with Crippen LogP contribution in [0.4, 0.5) is 0 Å². The van der Waals surface area contributed by atoms with Crippen LogP contribution in [0.3, 0.4) is 0 Å². The van der Waals surface area contributed by atoms with Crippen molar-refractivity contribution in [2.75, 3.05) is 19.6 Å². The number of rotatable bonds is 6. The highest BCUT2D eigenvalue weighted by atomic mass is 35.5. The number of nitrogens with one attached hydrogen (secondary N) is 1. The second-order valence-corrected chi connectivity index (χ2v) is 17.4. The van der Waals surface area contributed by atoms with E-state index in [2.05, 4.69) is 83.1 Å². The van der Waals surface area contributed by atoms with Gasteiger partial charge in [0.25, 0.3) is 5.91 Å². The van der Waals surface area contributed by atoms with Crippen LogP contribution in [0.25, 0.3) is 11.3 Å². The van der Waals surface area contributed by atoms with E-state index in [-0.39, 0.29) is 30.2 Å². The van der Waals surface area contributed by atoms with Crippen molar-refractivity contribution in [2.24, 2.45) is 16.7 Å². The lowest BCUT2D eigenvalue weighted by Gasteiger charge is -2.54. The number of hydrogen-bond acceptors (Lipinski definition) is 7. The van der Waals surface area contributed by atoms with Gasteiger partial charge in [-0.1, -0.05) is 53.5 Å². The number of fused-ring (bicyclic) bond motifs is 4. The predicted octanol–water partition coefficient (Wildman–Crippen LogP) is 6.57. The van der Waals surface area contributed by atoms with Crippen molar-refractivity contribution < 1.29 is 14.4 Å². The first kappa shape index (κ1) is 37.8. The van der Waals surface area contributed by atoms with Crippen molar-refractivity contribution in [3.05, 3.63) is 105 Å². The number of carbonyl (C=O) groups excluding carboxylic acids is 3. The summed E-state index contributed by atoms with van der Waals surface area (Å²) in [4.78, 5) is 45.7. The summed E-state index contributed by atoms with van der Waals surface area (Å²) in [5.74, 6) is 13.3. The molecular formula is C47H44ClN7O3. The molecule has 1 N–H and O–H groups in total. The van der Waals surface area contributed by atoms with Crippen LogP contribution in [0, 0.1) is 65.6 Å². The fourth-order valence-corrected chi connectivity index (χ4v) is 9.74. The van der Waals surface area contributed by atoms with E-state index < -0.39 is 11.9 Å². The number of halogens is 1. The predicted molar refractivity (Wildman–Crippen MR) is 219 cm³/mol. The number of nitrogens with zero attached hydrogens (tertiary/aromatic N) is 6. The highest BCUT2D eigenvalue weighted by Crippen LogP contribution is 2.57. The van der Waals surface area contributed by atoms with Crippen molar-refractivity contribution >= 4 is 29.3 Å². The number of amides is 3. The minimum atomic E-state index is -0.648. The highest BCUT2D eigenvalue weighted by Gasteiger charge is 2.49. The molecule has 58 heavy (non-hydrogen) atoms. The first-order chi connectivity index (χ1) is 28.0. The third-order valence-electron chi connectivity index (χ3n) is 13.3. The monoisotopic (exact) mass is 789 g/mol. The minimum absolute atomic E-state index is 0.113. The topological polar surface area (TPSA) is 124 Å². The van der Waals surface area contributed by atoms with E-state index in [1.807, 2.05) is 16.8 Å². The molecule has 2 aromatic carbocycles. The number of likely N-dealkylation sites (tertiary alicyclic amines) is 1. The Morgan fingerprint density at radius 1 is 0.948 bits per heavy atom. The molecule has 3 saturated carbocycles. The van der Waals surface area contributed by atoms with Gasteiger partial charge in [0.2, 0.25) is 11.8 Å². The summed E-state index contributed by atoms with van der Waals surface area (Å²) in [5.41, 5.74) is 8.98. The molecule has 10 nitrogen and oxygen atoms in total. The third-order valence-corrected chi connectivity index (χ3v) is 13.6. The molecule has 292 valence electrons. The second kappa shape index (κ2) is 14.9. The molecular weight excluding hydrogens is 746 g/mol. The van der Waals surface area contributed by atoms with Gasteiger partial charge in [-0.15, -0.1) is 0 Å². The zero-order valence-electron chi connectivity index (χ0n) is 32.8. The molecule has 1 atom stereocenters. The number of benzene rings is 2. The molecule has 3 amide bonds. The van der Waals surface area contributed by atoms with E-state index in [4.69, 9.17) is 16.7 Å². The molecule has 4 aromatic rings. The largest absolute Gasteiger partial charge is 0.321 e. The fraction of sp³-hybridized carbons (Fsp3) is 0.404. The molecule has 6 aliphatic rings. The van der Waals surface area contributed by atoms with Gasteiger partial charge in [0.15, 0.2) is 0 Å². The maximum atomic E-state index is 13.2. The molecule has 5 heterocycles. The van der Waals surface area contributed by atoms with Gasteiger partial charge in [0, 0.05) is 66.0 Å². The zero-order chi connectivity index (χ0) is 40.2. The Kier molecular flexibility index (Phi) is 9.71. The maximum absolute atomic E-state index is 13.2. The Morgan fingerprint density at radius 2 is 1.71 bits per heavy atom. The Hall–Kier alpha value is -5.73. The number of pyridine rings is 1. The van der Waals surface area contributed by atoms with Crippen LogP contribution in [0.1, 0.15) is 101 Å². The van der Waals surface area contributed by atoms with Gasteiger partial charge in [0.05, 0.1) is 40.6 Å². The molecule has 0 radical (unpaired) electrons. The lowest BCUT2D eigenvalue weighted by Crippen LogP contribution is -2.54. The lowest BCUT2D eigenvalue weighted by atomic mass is 9.53. The quantitative estimate of drug-likeness (QED) is 0.173. The van der Waals surface area contributed by atoms with E-state index in [0.717, 1.165) is 72.5 Å². The zero-order valence-corrected chi connectivity index (χ0v) is 33.6. The summed E-state index contributed by atoms with van der Waals surface area (Å²) < 4.78 is 2.03. The van der Waals surface area contributed by atoms with Crippen LogP contribution in [0.5, 0.6) is 0 Å². The van der Waals surface area contributed by atoms with Gasteiger partial charge in [-0.2, -0.15) is 10.4 Å². The standard InChI is InChI=1S/C47H44ClN7O3/c1-30-31(2)55(52-43(30)36-9-10-37(23-49)39(48)22-36)27-33-5-3-32(4-6-33)13-14-46-15-18-47(19-16-46,20-17-46)29-53-25-35(26-53)8-7-34-21-38-40(50-24-34)28-54(45(38)58)41-11-12-42(56)51-44(41)57/h3-6,9-10,21-22,24,35,41H,11-12,15-20,25-29H2,1-2H3,(H,51,56,57). The second-order valence-electron chi connectivity index (χ2n) is 17.0. The van der Waals surface area contributed by atoms with E-state index in [1.54, 1.807) is 18.3 Å². The lowest BCUT2D eigenvalue weighted by molar-refractivity contribution is -0.136. The Morgan fingerprint density at radius 3 is 2.41 bits per heavy atom. The maximum Gasteiger partial charge on any atom is 0.256 e. The van der Waals surface area contributed by atoms with Crippen molar-refractivity contribution in [2.45, 2.75) is 84.3 Å². The minimum Gasteiger partial charge on any atom is -0.321 e. The van der Waals surface area contributed by atoms with Gasteiger partial charge >= 0.3 is 0 Å². The summed E-state index contributed by atoms with van der Waals surface area (Å²) in [6.07, 6.45) is 9.41. The molecule has 2 bridgehead atoms. The molecule has 1 unspecified atom stereocenters. The van der Waals surface area contributed by atoms with E-state index in [9.17, 15) is 19.6 Å². The molecule has 2 aromatic heterocycles. The number of aromatic nitrogens is 3. The van der Waals surface area contributed by atoms with Crippen molar-refractivity contribution in [1.82, 2.24) is 29.9 Å². The molecule has 3 aliphatic carbocycles. The third kappa shape index (κ3) is 7.19. The van der Waals surface area contributed by atoms with Gasteiger partial charge in [-0.25, -0.2) is 0 Å². The van der Waals surface area contributed by atoms with Crippen LogP contribution in [-0.2, 0) is 22.7 Å². The fourth-order valence-electron chi connectivity index (χ4n) is 9.52. The SMILES string of the molecule is Cc1c(-c2ccc(C#N)c(Cl)c2)nn(Cc2ccc(C#CC34CCC(CN5CC(C#Cc6cnc7c(c6)C(=O)N(C6CCC(=O)NC6=O)C7)C5)(CC3)CC4)cc2)c1C. The van der Waals surface area contributed by atoms with Crippen molar-refractivity contribution in [1.29, 1.82) is 5.26 Å². The summed E-state index contributed by atoms with van der Waals surface area (Å²) in [6, 6.07) is 17.3. The van der Waals surface area contributed by atoms with Gasteiger partial charge in [0.1, 0.15) is 12.1 Å². The molecule has 3 aliphatic heterocycles. The summed E-state index contributed by atoms with van der Waals surface area (Å²) in [6.45, 7) is 8.12. The Labute approximate surface area is 344 Å². The number of nitriles is 1. The van der Waals surface area contributed by atoms with E-state index >= 15 is 0 Å². The van der Waals surface area contributed by atoms with Crippen LogP contribution in [-0.4, -0.2) is 68.0 Å². The summed E-state index contributed by atoms with van der Waals surface area (Å²) >= 11 is 6.32. The van der Waals surface area contributed by atoms with E-state index in [1.165, 1.54) is 24.2 Å². The average molecular weight is 790 g/mol. The van der Waals surface area contributed by atoms with Crippen molar-refractivity contribution in [3.63, 3.8) is 0 Å². The number of carbonyl (C=O) groups is 3. The van der Waals surface area contributed by atoms with Gasteiger partial charge in [-0.05, 0) is 106 Å². The number of imide groups is 1. The van der Waals surface area contributed by atoms with Crippen molar-refractivity contribution in [3.8, 4) is 41.0 Å². The van der Waals surface area contributed by atoms with E-state index in [0.29, 0.717) is 51.7 Å². The first-order valence-electron chi connectivity index (χ1n) is 20.2. The molecule has 0 spiro atoms. The Bertz CT molecular complexity index is 2520. The average Bonchev–Trinajstić information content (AvgIpc) is 3.69. The van der Waals surface area contributed by atoms with Crippen LogP contribution in [0.15, 0.2) is 54.7 Å². The summed E-state index contributed by atoms with van der Waals surface area (Å²) in [7, 11) is 0.